The van der Waals surface area contributed by atoms with Crippen LogP contribution in [0.15, 0.2) is 121 Å². The molecule has 1 heteroatoms. The van der Waals surface area contributed by atoms with Gasteiger partial charge in [0.25, 0.3) is 0 Å². The Morgan fingerprint density at radius 3 is 1.67 bits per heavy atom. The van der Waals surface area contributed by atoms with Crippen molar-refractivity contribution in [2.75, 3.05) is 0 Å². The zero-order valence-electron chi connectivity index (χ0n) is 25.8. The third-order valence-corrected chi connectivity index (χ3v) is 9.21. The Morgan fingerprint density at radius 2 is 1.21 bits per heavy atom. The predicted octanol–water partition coefficient (Wildman–Crippen LogP) is 11.1. The van der Waals surface area contributed by atoms with Gasteiger partial charge in [0.15, 0.2) is 0 Å². The summed E-state index contributed by atoms with van der Waals surface area (Å²) in [5, 5.41) is 5.54. The maximum absolute atomic E-state index is 3.50. The second-order valence-corrected chi connectivity index (χ2v) is 12.2. The van der Waals surface area contributed by atoms with Gasteiger partial charge in [-0.25, -0.2) is 11.6 Å². The monoisotopic (exact) mass is 626 g/mol. The Labute approximate surface area is 268 Å². The van der Waals surface area contributed by atoms with Crippen LogP contribution in [-0.4, -0.2) is 3.21 Å². The van der Waals surface area contributed by atoms with Crippen molar-refractivity contribution in [2.24, 2.45) is 5.92 Å². The van der Waals surface area contributed by atoms with Crippen LogP contribution >= 0.6 is 0 Å². The Kier molecular flexibility index (Phi) is 12.6. The molecule has 0 N–H and O–H groups in total. The van der Waals surface area contributed by atoms with E-state index in [4.69, 9.17) is 0 Å². The van der Waals surface area contributed by atoms with Crippen molar-refractivity contribution in [1.29, 1.82) is 0 Å². The Bertz CT molecular complexity index is 1520. The summed E-state index contributed by atoms with van der Waals surface area (Å²) < 4.78 is 1.42. The molecular weight excluding hydrogens is 584 g/mol. The molecule has 0 amide bonds. The van der Waals surface area contributed by atoms with E-state index in [1.54, 1.807) is 0 Å². The summed E-state index contributed by atoms with van der Waals surface area (Å²) in [6.07, 6.45) is 15.2. The number of allylic oxidation sites excluding steroid dienone is 4. The Hall–Kier alpha value is -3.02. The van der Waals surface area contributed by atoms with Crippen LogP contribution in [0.25, 0.3) is 21.5 Å². The van der Waals surface area contributed by atoms with Gasteiger partial charge in [0.1, 0.15) is 0 Å². The number of hydrogen-bond donors (Lipinski definition) is 0. The van der Waals surface area contributed by atoms with Crippen molar-refractivity contribution in [3.05, 3.63) is 149 Å². The predicted molar refractivity (Wildman–Crippen MR) is 181 cm³/mol. The van der Waals surface area contributed by atoms with Crippen LogP contribution in [0.4, 0.5) is 0 Å². The first-order chi connectivity index (χ1) is 20.6. The number of fused-ring (bicyclic) bond motifs is 3. The van der Waals surface area contributed by atoms with Crippen LogP contribution in [0.3, 0.4) is 0 Å². The van der Waals surface area contributed by atoms with E-state index in [1.165, 1.54) is 102 Å². The number of benzene rings is 4. The summed E-state index contributed by atoms with van der Waals surface area (Å²) in [4.78, 5) is 0. The second kappa shape index (κ2) is 16.6. The third kappa shape index (κ3) is 8.75. The molecule has 1 aliphatic rings. The summed E-state index contributed by atoms with van der Waals surface area (Å²) in [5.41, 5.74) is 6.92. The topological polar surface area (TPSA) is 0 Å². The number of aryl methyl sites for hydroxylation is 2. The van der Waals surface area contributed by atoms with Gasteiger partial charge in [0.2, 0.25) is 0 Å². The van der Waals surface area contributed by atoms with Crippen LogP contribution in [0.1, 0.15) is 75.6 Å². The molecule has 1 atom stereocenters. The summed E-state index contributed by atoms with van der Waals surface area (Å²) in [5.74, 6) is 0.626. The molecule has 0 nitrogen and oxygen atoms in total. The van der Waals surface area contributed by atoms with Crippen LogP contribution < -0.4 is 0 Å². The number of rotatable bonds is 8. The molecular formula is C41H44Zr. The Balaban J connectivity index is 0.000000149. The fourth-order valence-corrected chi connectivity index (χ4v) is 6.23. The van der Waals surface area contributed by atoms with Crippen molar-refractivity contribution in [1.82, 2.24) is 0 Å². The minimum atomic E-state index is 0.626. The molecule has 212 valence electrons. The van der Waals surface area contributed by atoms with Gasteiger partial charge < -0.3 is 0 Å². The normalized spacial score (nSPS) is 13.8. The van der Waals surface area contributed by atoms with E-state index in [0.717, 1.165) is 12.8 Å². The van der Waals surface area contributed by atoms with E-state index in [-0.39, 0.29) is 0 Å². The zero-order valence-corrected chi connectivity index (χ0v) is 28.2. The van der Waals surface area contributed by atoms with E-state index in [1.807, 2.05) is 0 Å². The Morgan fingerprint density at radius 1 is 0.690 bits per heavy atom. The van der Waals surface area contributed by atoms with Gasteiger partial charge in [-0.1, -0.05) is 94.7 Å². The van der Waals surface area contributed by atoms with Crippen LogP contribution in [-0.2, 0) is 37.1 Å². The molecule has 5 aromatic rings. The molecule has 6 rings (SSSR count). The molecule has 0 radical (unpaired) electrons. The average Bonchev–Trinajstić information content (AvgIpc) is 3.65. The molecule has 1 unspecified atom stereocenters. The molecule has 0 heterocycles. The summed E-state index contributed by atoms with van der Waals surface area (Å²) in [6, 6.07) is 37.1. The van der Waals surface area contributed by atoms with E-state index in [0.29, 0.717) is 5.92 Å². The van der Waals surface area contributed by atoms with Gasteiger partial charge in [0.05, 0.1) is 0 Å². The minimum absolute atomic E-state index is 0.626. The molecule has 0 aliphatic heterocycles. The molecule has 0 saturated heterocycles. The van der Waals surface area contributed by atoms with Crippen molar-refractivity contribution in [3.8, 4) is 0 Å². The molecule has 0 bridgehead atoms. The molecule has 0 fully saturated rings. The fourth-order valence-electron chi connectivity index (χ4n) is 5.41. The van der Waals surface area contributed by atoms with E-state index < -0.39 is 0 Å². The maximum atomic E-state index is 3.50. The molecule has 0 saturated carbocycles. The van der Waals surface area contributed by atoms with E-state index >= 15 is 0 Å². The fraction of sp³-hybridized carbons (Fsp3) is 0.268. The first-order valence-electron chi connectivity index (χ1n) is 15.7. The first-order valence-corrected chi connectivity index (χ1v) is 16.9. The standard InChI is InChI=1S/C17H17.C13H10.C11H17.Zr/c1-3-12-5-7-16-14(9-12)11-15-10-13(4-2)6-8-17(15)16;1-3-7-12(8-4-1)11-13-9-5-2-6-10-13;1-3-5-10-7-8-11(9-10)6-4-2;/h5-11H,3-4H2,1-2H3;1-10H;7-8,10H,3-6H2,1-2H3;/q-1;;-1;+2. The van der Waals surface area contributed by atoms with Crippen LogP contribution in [0, 0.1) is 12.0 Å². The van der Waals surface area contributed by atoms with Gasteiger partial charge in [-0.3, -0.25) is 6.08 Å². The van der Waals surface area contributed by atoms with Gasteiger partial charge in [-0.2, -0.15) is 6.08 Å². The summed E-state index contributed by atoms with van der Waals surface area (Å²) in [7, 11) is 0. The molecule has 0 aromatic heterocycles. The van der Waals surface area contributed by atoms with Crippen molar-refractivity contribution >= 4 is 24.8 Å². The van der Waals surface area contributed by atoms with Gasteiger partial charge >= 0.3 is 99.2 Å². The summed E-state index contributed by atoms with van der Waals surface area (Å²) in [6.45, 7) is 8.86. The zero-order chi connectivity index (χ0) is 29.7. The molecule has 5 aromatic carbocycles. The van der Waals surface area contributed by atoms with Crippen molar-refractivity contribution in [3.63, 3.8) is 0 Å². The van der Waals surface area contributed by atoms with E-state index in [9.17, 15) is 0 Å². The van der Waals surface area contributed by atoms with Gasteiger partial charge in [-0.05, 0) is 12.8 Å². The molecule has 0 spiro atoms. The van der Waals surface area contributed by atoms with Gasteiger partial charge in [0, 0.05) is 0 Å². The molecule has 42 heavy (non-hydrogen) atoms. The van der Waals surface area contributed by atoms with Crippen molar-refractivity contribution < 1.29 is 24.2 Å². The van der Waals surface area contributed by atoms with E-state index in [2.05, 4.69) is 149 Å². The number of hydrogen-bond acceptors (Lipinski definition) is 0. The van der Waals surface area contributed by atoms with Crippen LogP contribution in [0.5, 0.6) is 0 Å². The van der Waals surface area contributed by atoms with Crippen molar-refractivity contribution in [2.45, 2.75) is 66.2 Å². The average molecular weight is 628 g/mol. The molecule has 1 aliphatic carbocycles. The van der Waals surface area contributed by atoms with Gasteiger partial charge in [-0.15, -0.1) is 39.7 Å². The van der Waals surface area contributed by atoms with Crippen LogP contribution in [0.2, 0.25) is 0 Å². The first kappa shape index (κ1) is 31.9. The summed E-state index contributed by atoms with van der Waals surface area (Å²) >= 11 is 1.46. The third-order valence-electron chi connectivity index (χ3n) is 7.79. The SMILES string of the molecule is CCCC1=[C-]C(CCC)C=C1.CCc1ccc2c(c1)[cH-]c1cc(CC)ccc12.[Zr+2]=[C](c1ccccc1)c1ccccc1. The second-order valence-electron chi connectivity index (χ2n) is 11.0. The quantitative estimate of drug-likeness (QED) is 0.150.